The molecule has 1 aromatic carbocycles. The van der Waals surface area contributed by atoms with Crippen molar-refractivity contribution in [1.82, 2.24) is 0 Å². The highest BCUT2D eigenvalue weighted by molar-refractivity contribution is 6.30. The highest BCUT2D eigenvalue weighted by Crippen LogP contribution is 2.15. The van der Waals surface area contributed by atoms with Gasteiger partial charge in [0.1, 0.15) is 5.82 Å². The van der Waals surface area contributed by atoms with Gasteiger partial charge in [0.05, 0.1) is 5.02 Å². The lowest BCUT2D eigenvalue weighted by molar-refractivity contribution is 0.626. The monoisotopic (exact) mass is 157 g/mol. The zero-order chi connectivity index (χ0) is 7.56. The van der Waals surface area contributed by atoms with Crippen LogP contribution in [0, 0.1) is 12.7 Å². The first-order chi connectivity index (χ1) is 4.74. The van der Waals surface area contributed by atoms with Crippen molar-refractivity contribution >= 4 is 11.6 Å². The molecule has 0 N–H and O–H groups in total. The molecule has 1 radical (unpaired) electrons. The van der Waals surface area contributed by atoms with E-state index in [-0.39, 0.29) is 10.8 Å². The van der Waals surface area contributed by atoms with Crippen molar-refractivity contribution in [3.05, 3.63) is 41.5 Å². The van der Waals surface area contributed by atoms with E-state index in [1.165, 1.54) is 12.1 Å². The molecule has 0 nitrogen and oxygen atoms in total. The summed E-state index contributed by atoms with van der Waals surface area (Å²) in [4.78, 5) is 0. The Kier molecular flexibility index (Phi) is 2.28. The Morgan fingerprint density at radius 1 is 1.50 bits per heavy atom. The Labute approximate surface area is 64.6 Å². The standard InChI is InChI=1S/C8H7ClF/c1-2-6-3-4-7(9)8(10)5-6/h3-5H,1-2H2. The number of hydrogen-bond acceptors (Lipinski definition) is 0. The maximum atomic E-state index is 12.6. The SMILES string of the molecule is [CH2]Cc1ccc(Cl)c(F)c1. The maximum Gasteiger partial charge on any atom is 0.142 e. The average molecular weight is 158 g/mol. The van der Waals surface area contributed by atoms with Crippen LogP contribution in [0.25, 0.3) is 0 Å². The molecule has 0 aromatic heterocycles. The van der Waals surface area contributed by atoms with Crippen LogP contribution >= 0.6 is 11.6 Å². The predicted molar refractivity (Wildman–Crippen MR) is 40.5 cm³/mol. The molecule has 0 aliphatic carbocycles. The van der Waals surface area contributed by atoms with E-state index in [4.69, 9.17) is 11.6 Å². The normalized spacial score (nSPS) is 9.90. The summed E-state index contributed by atoms with van der Waals surface area (Å²) in [6, 6.07) is 4.70. The van der Waals surface area contributed by atoms with Gasteiger partial charge >= 0.3 is 0 Å². The first-order valence-electron chi connectivity index (χ1n) is 2.97. The number of halogens is 2. The van der Waals surface area contributed by atoms with Crippen LogP contribution in [-0.4, -0.2) is 0 Å². The molecule has 1 aromatic rings. The van der Waals surface area contributed by atoms with Gasteiger partial charge in [-0.15, -0.1) is 0 Å². The Hall–Kier alpha value is -0.560. The van der Waals surface area contributed by atoms with Crippen molar-refractivity contribution in [3.8, 4) is 0 Å². The second-order valence-corrected chi connectivity index (χ2v) is 2.41. The van der Waals surface area contributed by atoms with E-state index in [1.807, 2.05) is 0 Å². The number of benzene rings is 1. The van der Waals surface area contributed by atoms with Crippen molar-refractivity contribution in [2.24, 2.45) is 0 Å². The molecule has 53 valence electrons. The first kappa shape index (κ1) is 7.55. The van der Waals surface area contributed by atoms with E-state index in [9.17, 15) is 4.39 Å². The molecule has 0 fully saturated rings. The van der Waals surface area contributed by atoms with Gasteiger partial charge in [0.25, 0.3) is 0 Å². The highest BCUT2D eigenvalue weighted by Gasteiger charge is 1.97. The molecule has 0 bridgehead atoms. The second-order valence-electron chi connectivity index (χ2n) is 2.00. The fourth-order valence-corrected chi connectivity index (χ4v) is 0.813. The van der Waals surface area contributed by atoms with Crippen molar-refractivity contribution in [2.45, 2.75) is 6.42 Å². The number of hydrogen-bond donors (Lipinski definition) is 0. The Morgan fingerprint density at radius 3 is 2.70 bits per heavy atom. The molecule has 1 rings (SSSR count). The molecule has 0 spiro atoms. The quantitative estimate of drug-likeness (QED) is 0.588. The van der Waals surface area contributed by atoms with Crippen molar-refractivity contribution in [1.29, 1.82) is 0 Å². The lowest BCUT2D eigenvalue weighted by Gasteiger charge is -1.96. The first-order valence-corrected chi connectivity index (χ1v) is 3.35. The van der Waals surface area contributed by atoms with Crippen LogP contribution in [0.3, 0.4) is 0 Å². The van der Waals surface area contributed by atoms with Crippen LogP contribution in [0.4, 0.5) is 4.39 Å². The molecule has 0 atom stereocenters. The van der Waals surface area contributed by atoms with Gasteiger partial charge in [-0.25, -0.2) is 4.39 Å². The summed E-state index contributed by atoms with van der Waals surface area (Å²) in [5, 5.41) is 0.164. The van der Waals surface area contributed by atoms with E-state index >= 15 is 0 Å². The molecule has 0 aliphatic heterocycles. The molecule has 0 amide bonds. The minimum Gasteiger partial charge on any atom is -0.205 e. The van der Waals surface area contributed by atoms with Crippen LogP contribution in [0.2, 0.25) is 5.02 Å². The maximum absolute atomic E-state index is 12.6. The van der Waals surface area contributed by atoms with Gasteiger partial charge in [0, 0.05) is 0 Å². The van der Waals surface area contributed by atoms with E-state index in [0.717, 1.165) is 5.56 Å². The molecule has 0 saturated heterocycles. The van der Waals surface area contributed by atoms with Crippen molar-refractivity contribution in [2.75, 3.05) is 0 Å². The van der Waals surface area contributed by atoms with Gasteiger partial charge in [0.15, 0.2) is 0 Å². The third-order valence-corrected chi connectivity index (χ3v) is 1.58. The lowest BCUT2D eigenvalue weighted by atomic mass is 10.2. The van der Waals surface area contributed by atoms with Crippen molar-refractivity contribution in [3.63, 3.8) is 0 Å². The van der Waals surface area contributed by atoms with Gasteiger partial charge < -0.3 is 0 Å². The van der Waals surface area contributed by atoms with Gasteiger partial charge in [-0.05, 0) is 31.0 Å². The van der Waals surface area contributed by atoms with Gasteiger partial charge in [-0.3, -0.25) is 0 Å². The van der Waals surface area contributed by atoms with Crippen LogP contribution in [-0.2, 0) is 6.42 Å². The third-order valence-electron chi connectivity index (χ3n) is 1.27. The van der Waals surface area contributed by atoms with Gasteiger partial charge in [-0.2, -0.15) is 0 Å². The molecular weight excluding hydrogens is 151 g/mol. The topological polar surface area (TPSA) is 0 Å². The third kappa shape index (κ3) is 1.48. The average Bonchev–Trinajstić information content (AvgIpc) is 1.95. The summed E-state index contributed by atoms with van der Waals surface area (Å²) in [7, 11) is 0. The summed E-state index contributed by atoms with van der Waals surface area (Å²) in [5.41, 5.74) is 0.863. The predicted octanol–water partition coefficient (Wildman–Crippen LogP) is 2.86. The fourth-order valence-electron chi connectivity index (χ4n) is 0.695. The molecule has 10 heavy (non-hydrogen) atoms. The fraction of sp³-hybridized carbons (Fsp3) is 0.125. The zero-order valence-corrected chi connectivity index (χ0v) is 6.16. The summed E-state index contributed by atoms with van der Waals surface area (Å²) in [6.45, 7) is 3.62. The van der Waals surface area contributed by atoms with E-state index in [1.54, 1.807) is 6.07 Å². The van der Waals surface area contributed by atoms with Crippen LogP contribution in [0.1, 0.15) is 5.56 Å². The highest BCUT2D eigenvalue weighted by atomic mass is 35.5. The minimum atomic E-state index is -0.372. The Bertz CT molecular complexity index is 233. The van der Waals surface area contributed by atoms with Crippen LogP contribution in [0.5, 0.6) is 0 Å². The second kappa shape index (κ2) is 3.02. The molecule has 0 unspecified atom stereocenters. The molecule has 0 saturated carbocycles. The molecule has 0 aliphatic rings. The Morgan fingerprint density at radius 2 is 2.20 bits per heavy atom. The minimum absolute atomic E-state index is 0.164. The van der Waals surface area contributed by atoms with Crippen LogP contribution < -0.4 is 0 Å². The smallest absolute Gasteiger partial charge is 0.142 e. The van der Waals surface area contributed by atoms with E-state index in [0.29, 0.717) is 6.42 Å². The van der Waals surface area contributed by atoms with Gasteiger partial charge in [0.2, 0.25) is 0 Å². The number of rotatable bonds is 1. The summed E-state index contributed by atoms with van der Waals surface area (Å²) < 4.78 is 12.6. The Balaban J connectivity index is 3.04. The van der Waals surface area contributed by atoms with Crippen molar-refractivity contribution < 1.29 is 4.39 Å². The summed E-state index contributed by atoms with van der Waals surface area (Å²) in [5.74, 6) is -0.372. The molecule has 2 heteroatoms. The summed E-state index contributed by atoms with van der Waals surface area (Å²) in [6.07, 6.45) is 0.591. The largest absolute Gasteiger partial charge is 0.205 e. The zero-order valence-electron chi connectivity index (χ0n) is 5.40. The lowest BCUT2D eigenvalue weighted by Crippen LogP contribution is -1.82. The molecule has 0 heterocycles. The van der Waals surface area contributed by atoms with Gasteiger partial charge in [-0.1, -0.05) is 17.7 Å². The van der Waals surface area contributed by atoms with E-state index < -0.39 is 0 Å². The molecular formula is C8H7ClF. The summed E-state index contributed by atoms with van der Waals surface area (Å²) >= 11 is 5.44. The van der Waals surface area contributed by atoms with Crippen LogP contribution in [0.15, 0.2) is 18.2 Å². The van der Waals surface area contributed by atoms with E-state index in [2.05, 4.69) is 6.92 Å².